The zero-order chi connectivity index (χ0) is 30.7. The van der Waals surface area contributed by atoms with E-state index in [0.717, 1.165) is 0 Å². The van der Waals surface area contributed by atoms with Crippen LogP contribution < -0.4 is 10.1 Å². The minimum Gasteiger partial charge on any atom is -0.497 e. The zero-order valence-electron chi connectivity index (χ0n) is 25.4. The van der Waals surface area contributed by atoms with E-state index in [1.54, 1.807) is 53.3 Å². The molecule has 226 valence electrons. The lowest BCUT2D eigenvalue weighted by atomic mass is 9.79. The Balaban J connectivity index is 1.29. The first-order valence-corrected chi connectivity index (χ1v) is 14.5. The molecule has 1 aromatic carbocycles. The van der Waals surface area contributed by atoms with E-state index < -0.39 is 5.60 Å². The standard InChI is InChI=1S/C32H42N4O6/c1-31(2,3)42-30(40)36-18-15-26(32(4,5)20-36)34-28(38)23-9-12-25(33-19-23)29(39)35-16-13-22(14-17-35)27(37)21-7-10-24(41-6)11-8-21/h7-12,19,22,26H,13-18,20H2,1-6H3,(H,34,38). The first kappa shape index (κ1) is 31.0. The highest BCUT2D eigenvalue weighted by molar-refractivity contribution is 5.99. The predicted octanol–water partition coefficient (Wildman–Crippen LogP) is 4.59. The van der Waals surface area contributed by atoms with Crippen molar-refractivity contribution in [1.82, 2.24) is 20.1 Å². The van der Waals surface area contributed by atoms with E-state index in [1.165, 1.54) is 6.20 Å². The van der Waals surface area contributed by atoms with E-state index in [-0.39, 0.29) is 46.8 Å². The van der Waals surface area contributed by atoms with Crippen LogP contribution in [0.4, 0.5) is 4.79 Å². The quantitative estimate of drug-likeness (QED) is 0.498. The van der Waals surface area contributed by atoms with Crippen LogP contribution in [-0.4, -0.2) is 83.4 Å². The Morgan fingerprint density at radius 2 is 1.52 bits per heavy atom. The second-order valence-corrected chi connectivity index (χ2v) is 12.8. The van der Waals surface area contributed by atoms with Crippen molar-refractivity contribution in [1.29, 1.82) is 0 Å². The number of amides is 3. The number of nitrogens with zero attached hydrogens (tertiary/aromatic N) is 3. The summed E-state index contributed by atoms with van der Waals surface area (Å²) in [5.74, 6) is 0.155. The number of ether oxygens (including phenoxy) is 2. The second kappa shape index (κ2) is 12.5. The Bertz CT molecular complexity index is 1290. The first-order chi connectivity index (χ1) is 19.8. The van der Waals surface area contributed by atoms with Crippen LogP contribution in [0.1, 0.15) is 85.1 Å². The molecule has 10 heteroatoms. The molecule has 10 nitrogen and oxygen atoms in total. The number of methoxy groups -OCH3 is 1. The molecule has 1 N–H and O–H groups in total. The molecule has 0 radical (unpaired) electrons. The second-order valence-electron chi connectivity index (χ2n) is 12.8. The average molecular weight is 579 g/mol. The van der Waals surface area contributed by atoms with Gasteiger partial charge in [0.05, 0.1) is 12.7 Å². The van der Waals surface area contributed by atoms with Gasteiger partial charge in [0, 0.05) is 55.3 Å². The molecule has 1 unspecified atom stereocenters. The number of aromatic nitrogens is 1. The molecule has 2 fully saturated rings. The topological polar surface area (TPSA) is 118 Å². The Morgan fingerprint density at radius 1 is 0.905 bits per heavy atom. The Kier molecular flexibility index (Phi) is 9.23. The van der Waals surface area contributed by atoms with Gasteiger partial charge >= 0.3 is 6.09 Å². The lowest BCUT2D eigenvalue weighted by molar-refractivity contribution is 0.00268. The molecule has 0 spiro atoms. The molecule has 0 saturated carbocycles. The van der Waals surface area contributed by atoms with Crippen molar-refractivity contribution in [2.45, 2.75) is 65.5 Å². The highest BCUT2D eigenvalue weighted by Gasteiger charge is 2.40. The Hall–Kier alpha value is -3.95. The van der Waals surface area contributed by atoms with Crippen LogP contribution in [-0.2, 0) is 4.74 Å². The number of rotatable bonds is 6. The van der Waals surface area contributed by atoms with Gasteiger partial charge in [-0.2, -0.15) is 0 Å². The molecule has 4 rings (SSSR count). The molecule has 2 saturated heterocycles. The van der Waals surface area contributed by atoms with E-state index >= 15 is 0 Å². The van der Waals surface area contributed by atoms with Gasteiger partial charge in [-0.1, -0.05) is 13.8 Å². The summed E-state index contributed by atoms with van der Waals surface area (Å²) in [5.41, 5.74) is 0.334. The zero-order valence-corrected chi connectivity index (χ0v) is 25.4. The van der Waals surface area contributed by atoms with Crippen LogP contribution in [0, 0.1) is 11.3 Å². The van der Waals surface area contributed by atoms with Gasteiger partial charge in [0.1, 0.15) is 17.0 Å². The fourth-order valence-corrected chi connectivity index (χ4v) is 5.50. The van der Waals surface area contributed by atoms with Crippen LogP contribution in [0.25, 0.3) is 0 Å². The maximum absolute atomic E-state index is 13.1. The Labute approximate surface area is 247 Å². The number of benzene rings is 1. The van der Waals surface area contributed by atoms with Gasteiger partial charge in [0.2, 0.25) is 0 Å². The third kappa shape index (κ3) is 7.46. The summed E-state index contributed by atoms with van der Waals surface area (Å²) < 4.78 is 10.7. The smallest absolute Gasteiger partial charge is 0.410 e. The van der Waals surface area contributed by atoms with E-state index in [1.807, 2.05) is 34.6 Å². The summed E-state index contributed by atoms with van der Waals surface area (Å²) in [6, 6.07) is 10.1. The summed E-state index contributed by atoms with van der Waals surface area (Å²) >= 11 is 0. The Morgan fingerprint density at radius 3 is 2.07 bits per heavy atom. The average Bonchev–Trinajstić information content (AvgIpc) is 2.96. The van der Waals surface area contributed by atoms with Crippen LogP contribution in [0.3, 0.4) is 0 Å². The summed E-state index contributed by atoms with van der Waals surface area (Å²) in [4.78, 5) is 59.3. The van der Waals surface area contributed by atoms with Gasteiger partial charge in [0.15, 0.2) is 5.78 Å². The number of ketones is 1. The normalized spacial score (nSPS) is 19.1. The number of hydrogen-bond donors (Lipinski definition) is 1. The molecule has 2 aliphatic rings. The van der Waals surface area contributed by atoms with Crippen LogP contribution in [0.15, 0.2) is 42.6 Å². The van der Waals surface area contributed by atoms with E-state index in [9.17, 15) is 19.2 Å². The number of carbonyl (C=O) groups is 4. The summed E-state index contributed by atoms with van der Waals surface area (Å²) in [5, 5.41) is 3.09. The highest BCUT2D eigenvalue weighted by atomic mass is 16.6. The molecule has 0 aliphatic carbocycles. The van der Waals surface area contributed by atoms with Crippen LogP contribution in [0.5, 0.6) is 5.75 Å². The molecular formula is C32H42N4O6. The van der Waals surface area contributed by atoms with Crippen molar-refractivity contribution >= 4 is 23.7 Å². The maximum atomic E-state index is 13.1. The first-order valence-electron chi connectivity index (χ1n) is 14.5. The SMILES string of the molecule is COc1ccc(C(=O)C2CCN(C(=O)c3ccc(C(=O)NC4CCN(C(=O)OC(C)(C)C)CC4(C)C)cn3)CC2)cc1. The minimum absolute atomic E-state index is 0.0805. The lowest BCUT2D eigenvalue weighted by Crippen LogP contribution is -2.57. The van der Waals surface area contributed by atoms with Gasteiger partial charge in [-0.3, -0.25) is 19.4 Å². The molecule has 0 bridgehead atoms. The van der Waals surface area contributed by atoms with Crippen molar-refractivity contribution in [2.24, 2.45) is 11.3 Å². The monoisotopic (exact) mass is 578 g/mol. The van der Waals surface area contributed by atoms with Gasteiger partial charge in [-0.05, 0) is 76.4 Å². The van der Waals surface area contributed by atoms with Crippen molar-refractivity contribution < 1.29 is 28.7 Å². The van der Waals surface area contributed by atoms with Crippen molar-refractivity contribution in [3.05, 3.63) is 59.4 Å². The van der Waals surface area contributed by atoms with Crippen LogP contribution in [0.2, 0.25) is 0 Å². The number of nitrogens with one attached hydrogen (secondary N) is 1. The third-order valence-corrected chi connectivity index (χ3v) is 7.96. The van der Waals surface area contributed by atoms with Gasteiger partial charge in [-0.15, -0.1) is 0 Å². The third-order valence-electron chi connectivity index (χ3n) is 7.96. The molecule has 1 aromatic heterocycles. The summed E-state index contributed by atoms with van der Waals surface area (Å²) in [7, 11) is 1.59. The molecule has 1 atom stereocenters. The number of pyridine rings is 1. The lowest BCUT2D eigenvalue weighted by Gasteiger charge is -2.44. The fourth-order valence-electron chi connectivity index (χ4n) is 5.50. The number of hydrogen-bond acceptors (Lipinski definition) is 7. The minimum atomic E-state index is -0.569. The van der Waals surface area contributed by atoms with Crippen LogP contribution >= 0.6 is 0 Å². The summed E-state index contributed by atoms with van der Waals surface area (Å²) in [6.07, 6.45) is 2.83. The molecule has 2 aromatic rings. The molecule has 3 amide bonds. The number of Topliss-reactive ketones (excluding diaryl/α,β-unsaturated/α-hetero) is 1. The molecule has 2 aliphatic heterocycles. The number of piperidine rings is 2. The maximum Gasteiger partial charge on any atom is 0.410 e. The number of carbonyl (C=O) groups excluding carboxylic acids is 4. The predicted molar refractivity (Wildman–Crippen MR) is 158 cm³/mol. The van der Waals surface area contributed by atoms with Gasteiger partial charge < -0.3 is 24.6 Å². The summed E-state index contributed by atoms with van der Waals surface area (Å²) in [6.45, 7) is 11.4. The van der Waals surface area contributed by atoms with E-state index in [4.69, 9.17) is 9.47 Å². The van der Waals surface area contributed by atoms with E-state index in [0.29, 0.717) is 62.3 Å². The molecular weight excluding hydrogens is 536 g/mol. The number of likely N-dealkylation sites (tertiary alicyclic amines) is 2. The van der Waals surface area contributed by atoms with Crippen molar-refractivity contribution in [2.75, 3.05) is 33.3 Å². The largest absolute Gasteiger partial charge is 0.497 e. The van der Waals surface area contributed by atoms with E-state index in [2.05, 4.69) is 10.3 Å². The van der Waals surface area contributed by atoms with Crippen molar-refractivity contribution in [3.63, 3.8) is 0 Å². The van der Waals surface area contributed by atoms with Crippen molar-refractivity contribution in [3.8, 4) is 5.75 Å². The molecule has 42 heavy (non-hydrogen) atoms. The molecule has 3 heterocycles. The highest BCUT2D eigenvalue weighted by Crippen LogP contribution is 2.30. The van der Waals surface area contributed by atoms with Gasteiger partial charge in [-0.25, -0.2) is 4.79 Å². The fraction of sp³-hybridized carbons (Fsp3) is 0.531. The van der Waals surface area contributed by atoms with Gasteiger partial charge in [0.25, 0.3) is 11.8 Å².